The molecule has 4 unspecified atom stereocenters. The van der Waals surface area contributed by atoms with Gasteiger partial charge in [0.25, 0.3) is 0 Å². The molecule has 196 valence electrons. The van der Waals surface area contributed by atoms with E-state index in [1.165, 1.54) is 0 Å². The predicted octanol–water partition coefficient (Wildman–Crippen LogP) is -2.38. The van der Waals surface area contributed by atoms with Crippen LogP contribution in [0.1, 0.15) is 46.0 Å². The highest BCUT2D eigenvalue weighted by molar-refractivity contribution is 7.80. The standard InChI is InChI=1S/C20H40N8O5S/c1-11(2)15(19(32)33)28-17(30)13(7-5-9-25-20(23)24)26-18(31)14(10-34)27-16(29)12(22)6-3-4-8-21/h11-15,34H,3-10,21-22H2,1-2H3,(H,26,31)(H,27,29)(H,28,30)(H,32,33)(H4,23,24,25). The normalized spacial score (nSPS) is 14.4. The maximum atomic E-state index is 12.8. The quantitative estimate of drug-likeness (QED) is 0.0444. The molecule has 0 spiro atoms. The highest BCUT2D eigenvalue weighted by Gasteiger charge is 2.30. The Kier molecular flexibility index (Phi) is 15.7. The number of aliphatic carboxylic acids is 1. The minimum Gasteiger partial charge on any atom is -0.480 e. The molecule has 0 aromatic rings. The molecule has 0 bridgehead atoms. The van der Waals surface area contributed by atoms with Crippen LogP contribution in [0, 0.1) is 5.92 Å². The lowest BCUT2D eigenvalue weighted by Crippen LogP contribution is -2.58. The number of hydrogen-bond donors (Lipinski definition) is 9. The van der Waals surface area contributed by atoms with Crippen LogP contribution in [0.4, 0.5) is 0 Å². The summed E-state index contributed by atoms with van der Waals surface area (Å²) in [5.74, 6) is -3.60. The second kappa shape index (κ2) is 16.9. The molecule has 4 atom stereocenters. The molecule has 13 nitrogen and oxygen atoms in total. The summed E-state index contributed by atoms with van der Waals surface area (Å²) in [6, 6.07) is -4.09. The van der Waals surface area contributed by atoms with Crippen molar-refractivity contribution in [1.29, 1.82) is 0 Å². The van der Waals surface area contributed by atoms with Crippen molar-refractivity contribution in [2.45, 2.75) is 70.1 Å². The van der Waals surface area contributed by atoms with Gasteiger partial charge in [0.2, 0.25) is 17.7 Å². The third-order valence-corrected chi connectivity index (χ3v) is 5.30. The van der Waals surface area contributed by atoms with Crippen LogP contribution in [-0.4, -0.2) is 77.8 Å². The van der Waals surface area contributed by atoms with Crippen LogP contribution in [0.5, 0.6) is 0 Å². The lowest BCUT2D eigenvalue weighted by atomic mass is 10.0. The van der Waals surface area contributed by atoms with Crippen LogP contribution in [0.2, 0.25) is 0 Å². The molecule has 14 heteroatoms. The topological polar surface area (TPSA) is 241 Å². The molecule has 0 heterocycles. The van der Waals surface area contributed by atoms with Crippen LogP contribution >= 0.6 is 12.6 Å². The number of nitrogens with two attached hydrogens (primary N) is 4. The molecular weight excluding hydrogens is 464 g/mol. The number of thiol groups is 1. The van der Waals surface area contributed by atoms with E-state index in [9.17, 15) is 24.3 Å². The highest BCUT2D eigenvalue weighted by Crippen LogP contribution is 2.06. The second-order valence-corrected chi connectivity index (χ2v) is 8.58. The van der Waals surface area contributed by atoms with Gasteiger partial charge in [-0.1, -0.05) is 20.3 Å². The van der Waals surface area contributed by atoms with E-state index in [0.717, 1.165) is 6.42 Å². The van der Waals surface area contributed by atoms with E-state index in [1.54, 1.807) is 13.8 Å². The van der Waals surface area contributed by atoms with E-state index < -0.39 is 47.9 Å². The van der Waals surface area contributed by atoms with Crippen molar-refractivity contribution in [3.8, 4) is 0 Å². The Morgan fingerprint density at radius 1 is 0.912 bits per heavy atom. The molecule has 0 aliphatic heterocycles. The smallest absolute Gasteiger partial charge is 0.326 e. The lowest BCUT2D eigenvalue weighted by Gasteiger charge is -2.25. The number of rotatable bonds is 17. The van der Waals surface area contributed by atoms with Gasteiger partial charge in [0.05, 0.1) is 6.04 Å². The van der Waals surface area contributed by atoms with Gasteiger partial charge in [0.15, 0.2) is 5.96 Å². The lowest BCUT2D eigenvalue weighted by molar-refractivity contribution is -0.143. The van der Waals surface area contributed by atoms with E-state index in [4.69, 9.17) is 22.9 Å². The van der Waals surface area contributed by atoms with Crippen molar-refractivity contribution in [3.05, 3.63) is 0 Å². The molecule has 34 heavy (non-hydrogen) atoms. The van der Waals surface area contributed by atoms with E-state index >= 15 is 0 Å². The zero-order valence-electron chi connectivity index (χ0n) is 19.8. The Hall–Kier alpha value is -2.58. The van der Waals surface area contributed by atoms with Gasteiger partial charge >= 0.3 is 5.97 Å². The highest BCUT2D eigenvalue weighted by atomic mass is 32.1. The molecule has 12 N–H and O–H groups in total. The first-order valence-electron chi connectivity index (χ1n) is 11.2. The maximum absolute atomic E-state index is 12.8. The van der Waals surface area contributed by atoms with Crippen molar-refractivity contribution < 1.29 is 24.3 Å². The van der Waals surface area contributed by atoms with Gasteiger partial charge < -0.3 is 44.0 Å². The van der Waals surface area contributed by atoms with Crippen molar-refractivity contribution in [2.75, 3.05) is 18.8 Å². The average Bonchev–Trinajstić information content (AvgIpc) is 2.76. The molecule has 0 aliphatic rings. The molecule has 0 aromatic heterocycles. The Bertz CT molecular complexity index is 702. The Morgan fingerprint density at radius 2 is 1.50 bits per heavy atom. The van der Waals surface area contributed by atoms with Gasteiger partial charge in [0.1, 0.15) is 18.1 Å². The number of aliphatic imine (C=N–C) groups is 1. The summed E-state index contributed by atoms with van der Waals surface area (Å²) in [6.07, 6.45) is 2.26. The molecule has 0 aliphatic carbocycles. The van der Waals surface area contributed by atoms with Crippen LogP contribution in [0.15, 0.2) is 4.99 Å². The summed E-state index contributed by atoms with van der Waals surface area (Å²) in [6.45, 7) is 3.99. The second-order valence-electron chi connectivity index (χ2n) is 8.21. The van der Waals surface area contributed by atoms with Gasteiger partial charge in [-0.25, -0.2) is 4.79 Å². The first-order chi connectivity index (χ1) is 15.9. The van der Waals surface area contributed by atoms with Crippen LogP contribution in [0.3, 0.4) is 0 Å². The number of carbonyl (C=O) groups is 4. The summed E-state index contributed by atoms with van der Waals surface area (Å²) in [5.41, 5.74) is 21.9. The number of unbranched alkanes of at least 4 members (excludes halogenated alkanes) is 1. The number of hydrogen-bond acceptors (Lipinski definition) is 8. The van der Waals surface area contributed by atoms with E-state index in [0.29, 0.717) is 25.8 Å². The minimum absolute atomic E-state index is 0.0425. The van der Waals surface area contributed by atoms with Crippen molar-refractivity contribution in [1.82, 2.24) is 16.0 Å². The average molecular weight is 505 g/mol. The largest absolute Gasteiger partial charge is 0.480 e. The summed E-state index contributed by atoms with van der Waals surface area (Å²) >= 11 is 4.12. The number of carbonyl (C=O) groups excluding carboxylic acids is 3. The molecule has 0 saturated heterocycles. The van der Waals surface area contributed by atoms with Crippen molar-refractivity contribution >= 4 is 42.3 Å². The third-order valence-electron chi connectivity index (χ3n) is 4.93. The molecule has 3 amide bonds. The van der Waals surface area contributed by atoms with Gasteiger partial charge in [-0.05, 0) is 38.1 Å². The molecule has 0 radical (unpaired) electrons. The zero-order valence-corrected chi connectivity index (χ0v) is 20.7. The van der Waals surface area contributed by atoms with E-state index in [-0.39, 0.29) is 30.6 Å². The van der Waals surface area contributed by atoms with Crippen LogP contribution < -0.4 is 38.9 Å². The third kappa shape index (κ3) is 12.6. The predicted molar refractivity (Wildman–Crippen MR) is 133 cm³/mol. The fourth-order valence-corrected chi connectivity index (χ4v) is 3.18. The van der Waals surface area contributed by atoms with Gasteiger partial charge in [0, 0.05) is 12.3 Å². The number of carboxylic acid groups (broad SMARTS) is 1. The van der Waals surface area contributed by atoms with Crippen molar-refractivity contribution in [2.24, 2.45) is 33.8 Å². The van der Waals surface area contributed by atoms with E-state index in [2.05, 4.69) is 33.6 Å². The number of amides is 3. The zero-order chi connectivity index (χ0) is 26.3. The SMILES string of the molecule is CC(C)C(NC(=O)C(CCCN=C(N)N)NC(=O)C(CS)NC(=O)C(N)CCCCN)C(=O)O. The minimum atomic E-state index is -1.20. The molecular formula is C20H40N8O5S. The first-order valence-corrected chi connectivity index (χ1v) is 11.8. The summed E-state index contributed by atoms with van der Waals surface area (Å²) in [5, 5.41) is 16.9. The number of guanidine groups is 1. The summed E-state index contributed by atoms with van der Waals surface area (Å²) in [7, 11) is 0. The van der Waals surface area contributed by atoms with Crippen molar-refractivity contribution in [3.63, 3.8) is 0 Å². The fourth-order valence-electron chi connectivity index (χ4n) is 2.92. The monoisotopic (exact) mass is 504 g/mol. The fraction of sp³-hybridized carbons (Fsp3) is 0.750. The first kappa shape index (κ1) is 31.4. The van der Waals surface area contributed by atoms with Crippen LogP contribution in [0.25, 0.3) is 0 Å². The Balaban J connectivity index is 5.30. The van der Waals surface area contributed by atoms with E-state index in [1.807, 2.05) is 0 Å². The molecule has 0 aromatic carbocycles. The number of carboxylic acids is 1. The molecule has 0 fully saturated rings. The van der Waals surface area contributed by atoms with Gasteiger partial charge in [-0.2, -0.15) is 12.6 Å². The summed E-state index contributed by atoms with van der Waals surface area (Å²) in [4.78, 5) is 53.2. The van der Waals surface area contributed by atoms with Crippen LogP contribution in [-0.2, 0) is 19.2 Å². The van der Waals surface area contributed by atoms with Gasteiger partial charge in [-0.3, -0.25) is 19.4 Å². The molecule has 0 saturated carbocycles. The number of nitrogens with one attached hydrogen (secondary N) is 3. The Labute approximate surface area is 205 Å². The maximum Gasteiger partial charge on any atom is 0.326 e. The summed E-state index contributed by atoms with van der Waals surface area (Å²) < 4.78 is 0. The van der Waals surface area contributed by atoms with Gasteiger partial charge in [-0.15, -0.1) is 0 Å². The Morgan fingerprint density at radius 3 is 2.00 bits per heavy atom. The molecule has 0 rings (SSSR count). The number of nitrogens with zero attached hydrogens (tertiary/aromatic N) is 1.